The molecule has 0 aromatic heterocycles. The molecule has 196 valence electrons. The molecule has 0 aliphatic carbocycles. The first-order valence-electron chi connectivity index (χ1n) is 12.1. The van der Waals surface area contributed by atoms with Gasteiger partial charge in [-0.1, -0.05) is 44.2 Å². The molecule has 1 N–H and O–H groups in total. The number of nitrogens with one attached hydrogen (secondary N) is 1. The molecule has 9 nitrogen and oxygen atoms in total. The molecule has 0 saturated carbocycles. The highest BCUT2D eigenvalue weighted by Gasteiger charge is 2.31. The first kappa shape index (κ1) is 27.3. The Balaban J connectivity index is 1.86. The number of anilines is 1. The first-order valence-corrected chi connectivity index (χ1v) is 13.7. The molecule has 1 atom stereocenters. The minimum absolute atomic E-state index is 0.0501. The fourth-order valence-corrected chi connectivity index (χ4v) is 4.84. The van der Waals surface area contributed by atoms with Gasteiger partial charge in [0.2, 0.25) is 28.6 Å². The Morgan fingerprint density at radius 1 is 1.03 bits per heavy atom. The largest absolute Gasteiger partial charge is 0.454 e. The molecule has 1 aliphatic rings. The van der Waals surface area contributed by atoms with E-state index in [-0.39, 0.29) is 30.9 Å². The topological polar surface area (TPSA) is 105 Å². The summed E-state index contributed by atoms with van der Waals surface area (Å²) in [5.74, 6) is 0.248. The Morgan fingerprint density at radius 3 is 2.39 bits per heavy atom. The molecule has 0 bridgehead atoms. The predicted molar refractivity (Wildman–Crippen MR) is 139 cm³/mol. The first-order chi connectivity index (χ1) is 17.1. The monoisotopic (exact) mass is 517 g/mol. The van der Waals surface area contributed by atoms with Gasteiger partial charge in [0, 0.05) is 19.2 Å². The number of carbonyl (C=O) groups excluding carboxylic acids is 2. The third-order valence-corrected chi connectivity index (χ3v) is 7.70. The Hall–Kier alpha value is -3.27. The Kier molecular flexibility index (Phi) is 9.19. The second kappa shape index (κ2) is 12.1. The van der Waals surface area contributed by atoms with Crippen LogP contribution in [0.2, 0.25) is 0 Å². The Labute approximate surface area is 213 Å². The third kappa shape index (κ3) is 6.90. The summed E-state index contributed by atoms with van der Waals surface area (Å²) < 4.78 is 37.8. The Bertz CT molecular complexity index is 1150. The SMILES string of the molecule is CCS(=O)(=O)N(CC(=O)N(CCc1ccccc1)[C@@H](C)C(=O)NCC(C)C)c1ccc2c(c1)OCO2. The van der Waals surface area contributed by atoms with Gasteiger partial charge in [-0.15, -0.1) is 0 Å². The average Bonchev–Trinajstić information content (AvgIpc) is 3.34. The third-order valence-electron chi connectivity index (χ3n) is 5.96. The van der Waals surface area contributed by atoms with Gasteiger partial charge in [0.25, 0.3) is 0 Å². The second-order valence-corrected chi connectivity index (χ2v) is 11.3. The number of benzene rings is 2. The van der Waals surface area contributed by atoms with Crippen LogP contribution in [0.15, 0.2) is 48.5 Å². The van der Waals surface area contributed by atoms with Gasteiger partial charge in [0.1, 0.15) is 12.6 Å². The van der Waals surface area contributed by atoms with Crippen LogP contribution in [0, 0.1) is 5.92 Å². The summed E-state index contributed by atoms with van der Waals surface area (Å²) in [6, 6.07) is 13.6. The lowest BCUT2D eigenvalue weighted by atomic mass is 10.1. The van der Waals surface area contributed by atoms with E-state index >= 15 is 0 Å². The van der Waals surface area contributed by atoms with E-state index < -0.39 is 28.5 Å². The van der Waals surface area contributed by atoms with Crippen molar-refractivity contribution in [1.82, 2.24) is 10.2 Å². The number of hydrogen-bond acceptors (Lipinski definition) is 6. The molecular weight excluding hydrogens is 482 g/mol. The summed E-state index contributed by atoms with van der Waals surface area (Å²) in [5, 5.41) is 2.87. The zero-order valence-corrected chi connectivity index (χ0v) is 22.1. The van der Waals surface area contributed by atoms with Crippen molar-refractivity contribution in [3.8, 4) is 11.5 Å². The van der Waals surface area contributed by atoms with Gasteiger partial charge in [0.15, 0.2) is 11.5 Å². The van der Waals surface area contributed by atoms with E-state index in [1.807, 2.05) is 44.2 Å². The summed E-state index contributed by atoms with van der Waals surface area (Å²) in [4.78, 5) is 27.9. The van der Waals surface area contributed by atoms with Crippen LogP contribution < -0.4 is 19.1 Å². The molecule has 10 heteroatoms. The normalized spacial score (nSPS) is 13.4. The standard InChI is InChI=1S/C26H35N3O6S/c1-5-36(32,33)29(22-11-12-23-24(15-22)35-18-34-23)17-25(30)28(14-13-21-9-7-6-8-10-21)20(4)26(31)27-16-19(2)3/h6-12,15,19-20H,5,13-14,16-18H2,1-4H3,(H,27,31)/t20-/m0/s1. The van der Waals surface area contributed by atoms with Crippen LogP contribution >= 0.6 is 0 Å². The summed E-state index contributed by atoms with van der Waals surface area (Å²) in [6.07, 6.45) is 0.527. The molecule has 3 rings (SSSR count). The number of hydrogen-bond donors (Lipinski definition) is 1. The van der Waals surface area contributed by atoms with Crippen molar-refractivity contribution in [3.05, 3.63) is 54.1 Å². The van der Waals surface area contributed by atoms with Crippen LogP contribution in [0.4, 0.5) is 5.69 Å². The van der Waals surface area contributed by atoms with E-state index in [0.29, 0.717) is 30.2 Å². The minimum Gasteiger partial charge on any atom is -0.454 e. The lowest BCUT2D eigenvalue weighted by Crippen LogP contribution is -2.52. The van der Waals surface area contributed by atoms with Crippen LogP contribution in [0.5, 0.6) is 11.5 Å². The molecule has 2 aromatic carbocycles. The fourth-order valence-electron chi connectivity index (χ4n) is 3.78. The lowest BCUT2D eigenvalue weighted by Gasteiger charge is -2.32. The van der Waals surface area contributed by atoms with Gasteiger partial charge in [0.05, 0.1) is 11.4 Å². The quantitative estimate of drug-likeness (QED) is 0.464. The minimum atomic E-state index is -3.80. The van der Waals surface area contributed by atoms with Crippen LogP contribution in [0.25, 0.3) is 0 Å². The predicted octanol–water partition coefficient (Wildman–Crippen LogP) is 2.80. The van der Waals surface area contributed by atoms with Gasteiger partial charge in [-0.05, 0) is 43.9 Å². The van der Waals surface area contributed by atoms with Crippen molar-refractivity contribution in [2.75, 3.05) is 36.5 Å². The summed E-state index contributed by atoms with van der Waals surface area (Å²) in [7, 11) is -3.80. The summed E-state index contributed by atoms with van der Waals surface area (Å²) in [5.41, 5.74) is 1.31. The molecule has 0 saturated heterocycles. The van der Waals surface area contributed by atoms with E-state index in [2.05, 4.69) is 5.32 Å². The van der Waals surface area contributed by atoms with Crippen LogP contribution in [-0.2, 0) is 26.0 Å². The van der Waals surface area contributed by atoms with E-state index in [0.717, 1.165) is 9.87 Å². The number of fused-ring (bicyclic) bond motifs is 1. The second-order valence-electron chi connectivity index (χ2n) is 9.08. The zero-order valence-electron chi connectivity index (χ0n) is 21.3. The van der Waals surface area contributed by atoms with E-state index in [1.54, 1.807) is 25.1 Å². The number of rotatable bonds is 12. The van der Waals surface area contributed by atoms with Gasteiger partial charge in [-0.25, -0.2) is 8.42 Å². The summed E-state index contributed by atoms with van der Waals surface area (Å²) >= 11 is 0. The molecule has 2 amide bonds. The maximum absolute atomic E-state index is 13.6. The van der Waals surface area contributed by atoms with Gasteiger partial charge in [-0.2, -0.15) is 0 Å². The number of ether oxygens (including phenoxy) is 2. The average molecular weight is 518 g/mol. The van der Waals surface area contributed by atoms with Crippen LogP contribution in [-0.4, -0.2) is 63.4 Å². The number of carbonyl (C=O) groups is 2. The van der Waals surface area contributed by atoms with Crippen molar-refractivity contribution >= 4 is 27.5 Å². The number of sulfonamides is 1. The molecule has 0 fully saturated rings. The fraction of sp³-hybridized carbons (Fsp3) is 0.462. The number of amides is 2. The van der Waals surface area contributed by atoms with Crippen molar-refractivity contribution in [2.45, 2.75) is 40.2 Å². The Morgan fingerprint density at radius 2 is 1.72 bits per heavy atom. The van der Waals surface area contributed by atoms with Gasteiger partial charge >= 0.3 is 0 Å². The van der Waals surface area contributed by atoms with Crippen LogP contribution in [0.3, 0.4) is 0 Å². The van der Waals surface area contributed by atoms with E-state index in [9.17, 15) is 18.0 Å². The maximum atomic E-state index is 13.6. The number of nitrogens with zero attached hydrogens (tertiary/aromatic N) is 2. The highest BCUT2D eigenvalue weighted by atomic mass is 32.2. The van der Waals surface area contributed by atoms with Crippen molar-refractivity contribution in [2.24, 2.45) is 5.92 Å². The lowest BCUT2D eigenvalue weighted by molar-refractivity contribution is -0.138. The van der Waals surface area contributed by atoms with Gasteiger partial charge < -0.3 is 19.7 Å². The molecule has 0 spiro atoms. The molecule has 36 heavy (non-hydrogen) atoms. The molecular formula is C26H35N3O6S. The maximum Gasteiger partial charge on any atom is 0.244 e. The van der Waals surface area contributed by atoms with E-state index in [4.69, 9.17) is 9.47 Å². The van der Waals surface area contributed by atoms with Crippen molar-refractivity contribution in [3.63, 3.8) is 0 Å². The van der Waals surface area contributed by atoms with Crippen molar-refractivity contribution in [1.29, 1.82) is 0 Å². The molecule has 2 aromatic rings. The highest BCUT2D eigenvalue weighted by Crippen LogP contribution is 2.36. The molecule has 0 unspecified atom stereocenters. The highest BCUT2D eigenvalue weighted by molar-refractivity contribution is 7.92. The van der Waals surface area contributed by atoms with E-state index in [1.165, 1.54) is 11.8 Å². The van der Waals surface area contributed by atoms with Crippen LogP contribution in [0.1, 0.15) is 33.3 Å². The summed E-state index contributed by atoms with van der Waals surface area (Å²) in [6.45, 7) is 7.52. The molecule has 1 aliphatic heterocycles. The van der Waals surface area contributed by atoms with Crippen molar-refractivity contribution < 1.29 is 27.5 Å². The van der Waals surface area contributed by atoms with Gasteiger partial charge in [-0.3, -0.25) is 13.9 Å². The zero-order chi connectivity index (χ0) is 26.3. The smallest absolute Gasteiger partial charge is 0.244 e. The molecule has 1 heterocycles. The molecule has 0 radical (unpaired) electrons.